The molecule has 0 bridgehead atoms. The van der Waals surface area contributed by atoms with Crippen LogP contribution in [0.2, 0.25) is 0 Å². The Balaban J connectivity index is 2.24. The molecule has 0 aliphatic heterocycles. The Morgan fingerprint density at radius 1 is 1.20 bits per heavy atom. The minimum absolute atomic E-state index is 0.0404. The molecule has 0 aliphatic carbocycles. The molecule has 20 heavy (non-hydrogen) atoms. The van der Waals surface area contributed by atoms with Crippen LogP contribution in [0.3, 0.4) is 0 Å². The van der Waals surface area contributed by atoms with Crippen molar-refractivity contribution in [3.05, 3.63) is 53.8 Å². The third kappa shape index (κ3) is 3.27. The van der Waals surface area contributed by atoms with Crippen LogP contribution in [0.1, 0.15) is 5.56 Å². The number of hydrogen-bond donors (Lipinski definition) is 2. The fourth-order valence-corrected chi connectivity index (χ4v) is 2.37. The first-order chi connectivity index (χ1) is 9.38. The molecule has 4 nitrogen and oxygen atoms in total. The van der Waals surface area contributed by atoms with Crippen LogP contribution in [0.5, 0.6) is 5.75 Å². The van der Waals surface area contributed by atoms with Gasteiger partial charge < -0.3 is 10.4 Å². The van der Waals surface area contributed by atoms with Crippen LogP contribution < -0.4 is 5.32 Å². The summed E-state index contributed by atoms with van der Waals surface area (Å²) in [7, 11) is -3.39. The van der Waals surface area contributed by atoms with Crippen LogP contribution in [0.25, 0.3) is 0 Å². The van der Waals surface area contributed by atoms with Gasteiger partial charge in [0.2, 0.25) is 0 Å². The summed E-state index contributed by atoms with van der Waals surface area (Å²) in [5.41, 5.74) is 0.674. The summed E-state index contributed by atoms with van der Waals surface area (Å²) in [6.07, 6.45) is 1.06. The van der Waals surface area contributed by atoms with Gasteiger partial charge in [-0.15, -0.1) is 0 Å². The maximum atomic E-state index is 13.6. The van der Waals surface area contributed by atoms with E-state index >= 15 is 0 Å². The Hall–Kier alpha value is -2.08. The molecule has 0 saturated carbocycles. The zero-order chi connectivity index (χ0) is 14.8. The molecule has 2 aromatic rings. The van der Waals surface area contributed by atoms with Gasteiger partial charge in [0, 0.05) is 18.4 Å². The number of sulfone groups is 1. The van der Waals surface area contributed by atoms with Crippen molar-refractivity contribution in [3.8, 4) is 5.75 Å². The third-order valence-electron chi connectivity index (χ3n) is 2.83. The number of anilines is 1. The molecule has 0 radical (unpaired) electrons. The number of halogens is 1. The Kier molecular flexibility index (Phi) is 3.94. The molecule has 0 aliphatic rings. The number of phenolic OH excluding ortho intramolecular Hbond substituents is 1. The topological polar surface area (TPSA) is 66.4 Å². The predicted molar refractivity (Wildman–Crippen MR) is 74.9 cm³/mol. The van der Waals surface area contributed by atoms with Crippen LogP contribution in [-0.2, 0) is 16.4 Å². The van der Waals surface area contributed by atoms with Gasteiger partial charge in [-0.2, -0.15) is 0 Å². The van der Waals surface area contributed by atoms with Crippen molar-refractivity contribution in [1.29, 1.82) is 0 Å². The zero-order valence-corrected chi connectivity index (χ0v) is 11.6. The van der Waals surface area contributed by atoms with E-state index in [0.717, 1.165) is 12.3 Å². The molecule has 106 valence electrons. The summed E-state index contributed by atoms with van der Waals surface area (Å²) in [4.78, 5) is 0.0404. The average Bonchev–Trinajstić information content (AvgIpc) is 2.38. The Morgan fingerprint density at radius 2 is 1.90 bits per heavy atom. The normalized spacial score (nSPS) is 11.3. The average molecular weight is 295 g/mol. The van der Waals surface area contributed by atoms with E-state index in [4.69, 9.17) is 0 Å². The van der Waals surface area contributed by atoms with Gasteiger partial charge in [0.05, 0.1) is 10.6 Å². The predicted octanol–water partition coefficient (Wildman–Crippen LogP) is 2.55. The second kappa shape index (κ2) is 5.50. The maximum Gasteiger partial charge on any atom is 0.175 e. The van der Waals surface area contributed by atoms with Crippen molar-refractivity contribution in [2.24, 2.45) is 0 Å². The highest BCUT2D eigenvalue weighted by molar-refractivity contribution is 7.90. The van der Waals surface area contributed by atoms with Gasteiger partial charge in [-0.3, -0.25) is 0 Å². The molecule has 0 spiro atoms. The number of para-hydroxylation sites is 1. The van der Waals surface area contributed by atoms with Crippen molar-refractivity contribution >= 4 is 15.5 Å². The second-order valence-electron chi connectivity index (χ2n) is 4.40. The molecule has 0 heterocycles. The summed E-state index contributed by atoms with van der Waals surface area (Å²) in [5, 5.41) is 12.4. The third-order valence-corrected chi connectivity index (χ3v) is 3.94. The molecular weight excluding hydrogens is 281 g/mol. The SMILES string of the molecule is CS(=O)(=O)c1ccc(F)c(NCc2ccccc2O)c1. The number of aromatic hydroxyl groups is 1. The van der Waals surface area contributed by atoms with E-state index in [-0.39, 0.29) is 22.9 Å². The van der Waals surface area contributed by atoms with E-state index in [2.05, 4.69) is 5.32 Å². The van der Waals surface area contributed by atoms with Crippen molar-refractivity contribution in [2.75, 3.05) is 11.6 Å². The molecule has 6 heteroatoms. The molecule has 0 amide bonds. The summed E-state index contributed by atoms with van der Waals surface area (Å²) >= 11 is 0. The lowest BCUT2D eigenvalue weighted by Crippen LogP contribution is -2.04. The highest BCUT2D eigenvalue weighted by Crippen LogP contribution is 2.22. The summed E-state index contributed by atoms with van der Waals surface area (Å²) in [5.74, 6) is -0.451. The molecule has 2 rings (SSSR count). The first kappa shape index (κ1) is 14.3. The lowest BCUT2D eigenvalue weighted by atomic mass is 10.2. The van der Waals surface area contributed by atoms with E-state index in [0.29, 0.717) is 5.56 Å². The summed E-state index contributed by atoms with van der Waals surface area (Å²) in [6.45, 7) is 0.191. The fourth-order valence-electron chi connectivity index (χ4n) is 1.72. The Bertz CT molecular complexity index is 729. The Morgan fingerprint density at radius 3 is 2.55 bits per heavy atom. The van der Waals surface area contributed by atoms with Crippen molar-refractivity contribution in [3.63, 3.8) is 0 Å². The van der Waals surface area contributed by atoms with E-state index in [1.165, 1.54) is 18.2 Å². The fraction of sp³-hybridized carbons (Fsp3) is 0.143. The van der Waals surface area contributed by atoms with Crippen LogP contribution in [0, 0.1) is 5.82 Å². The lowest BCUT2D eigenvalue weighted by Gasteiger charge is -2.10. The van der Waals surface area contributed by atoms with E-state index < -0.39 is 15.7 Å². The summed E-state index contributed by atoms with van der Waals surface area (Å²) < 4.78 is 36.5. The number of nitrogens with one attached hydrogen (secondary N) is 1. The van der Waals surface area contributed by atoms with Crippen LogP contribution in [0.4, 0.5) is 10.1 Å². The van der Waals surface area contributed by atoms with Gasteiger partial charge in [-0.25, -0.2) is 12.8 Å². The highest BCUT2D eigenvalue weighted by Gasteiger charge is 2.11. The molecule has 0 aromatic heterocycles. The van der Waals surface area contributed by atoms with Gasteiger partial charge >= 0.3 is 0 Å². The molecule has 2 aromatic carbocycles. The smallest absolute Gasteiger partial charge is 0.175 e. The van der Waals surface area contributed by atoms with Crippen molar-refractivity contribution < 1.29 is 17.9 Å². The van der Waals surface area contributed by atoms with Crippen molar-refractivity contribution in [2.45, 2.75) is 11.4 Å². The van der Waals surface area contributed by atoms with E-state index in [1.54, 1.807) is 18.2 Å². The molecular formula is C14H14FNO3S. The Labute approximate surface area is 116 Å². The maximum absolute atomic E-state index is 13.6. The molecule has 2 N–H and O–H groups in total. The number of phenols is 1. The minimum atomic E-state index is -3.39. The van der Waals surface area contributed by atoms with Gasteiger partial charge in [-0.1, -0.05) is 18.2 Å². The number of hydrogen-bond acceptors (Lipinski definition) is 4. The summed E-state index contributed by atoms with van der Waals surface area (Å²) in [6, 6.07) is 10.2. The first-order valence-corrected chi connectivity index (χ1v) is 7.77. The second-order valence-corrected chi connectivity index (χ2v) is 6.41. The van der Waals surface area contributed by atoms with Crippen LogP contribution in [0.15, 0.2) is 47.4 Å². The highest BCUT2D eigenvalue weighted by atomic mass is 32.2. The lowest BCUT2D eigenvalue weighted by molar-refractivity contribution is 0.469. The van der Waals surface area contributed by atoms with E-state index in [1.807, 2.05) is 0 Å². The van der Waals surface area contributed by atoms with Gasteiger partial charge in [0.25, 0.3) is 0 Å². The first-order valence-electron chi connectivity index (χ1n) is 5.88. The molecule has 0 unspecified atom stereocenters. The van der Waals surface area contributed by atoms with Crippen LogP contribution in [-0.4, -0.2) is 19.8 Å². The van der Waals surface area contributed by atoms with Crippen molar-refractivity contribution in [1.82, 2.24) is 0 Å². The monoisotopic (exact) mass is 295 g/mol. The molecule has 0 atom stereocenters. The molecule has 0 fully saturated rings. The van der Waals surface area contributed by atoms with E-state index in [9.17, 15) is 17.9 Å². The van der Waals surface area contributed by atoms with Gasteiger partial charge in [-0.05, 0) is 24.3 Å². The quantitative estimate of drug-likeness (QED) is 0.851. The zero-order valence-electron chi connectivity index (χ0n) is 10.8. The van der Waals surface area contributed by atoms with Gasteiger partial charge in [0.1, 0.15) is 11.6 Å². The standard InChI is InChI=1S/C14H14FNO3S/c1-20(18,19)11-6-7-12(15)13(8-11)16-9-10-4-2-3-5-14(10)17/h2-8,16-17H,9H2,1H3. The number of benzene rings is 2. The van der Waals surface area contributed by atoms with Gasteiger partial charge in [0.15, 0.2) is 9.84 Å². The minimum Gasteiger partial charge on any atom is -0.508 e. The largest absolute Gasteiger partial charge is 0.508 e. The van der Waals surface area contributed by atoms with Crippen LogP contribution >= 0.6 is 0 Å². The number of rotatable bonds is 4. The molecule has 0 saturated heterocycles.